The molecular formula is C14H12N2O5S. The van der Waals surface area contributed by atoms with Gasteiger partial charge in [0.1, 0.15) is 0 Å². The fraction of sp³-hybridized carbons (Fsp3) is 0. The number of nitrogens with two attached hydrogens (primary N) is 1. The predicted molar refractivity (Wildman–Crippen MR) is 82.2 cm³/mol. The summed E-state index contributed by atoms with van der Waals surface area (Å²) in [6.07, 6.45) is 3.30. The normalized spacial score (nSPS) is 11.5. The number of hydrogen-bond donors (Lipinski definition) is 1. The molecule has 0 amide bonds. The van der Waals surface area contributed by atoms with Gasteiger partial charge >= 0.3 is 10.3 Å². The van der Waals surface area contributed by atoms with E-state index in [1.165, 1.54) is 18.2 Å². The van der Waals surface area contributed by atoms with Gasteiger partial charge in [0.05, 0.1) is 4.92 Å². The second-order valence-corrected chi connectivity index (χ2v) is 5.45. The Bertz CT molecular complexity index is 813. The van der Waals surface area contributed by atoms with Crippen molar-refractivity contribution in [1.82, 2.24) is 0 Å². The molecule has 0 unspecified atom stereocenters. The third-order valence-corrected chi connectivity index (χ3v) is 3.10. The van der Waals surface area contributed by atoms with Crippen molar-refractivity contribution in [1.29, 1.82) is 0 Å². The van der Waals surface area contributed by atoms with Gasteiger partial charge in [-0.15, -0.1) is 0 Å². The molecule has 0 radical (unpaired) electrons. The van der Waals surface area contributed by atoms with Gasteiger partial charge in [-0.3, -0.25) is 10.1 Å². The van der Waals surface area contributed by atoms with Crippen LogP contribution in [-0.2, 0) is 10.3 Å². The number of benzene rings is 2. The second kappa shape index (κ2) is 6.37. The maximum absolute atomic E-state index is 11.0. The smallest absolute Gasteiger partial charge is 0.370 e. The van der Waals surface area contributed by atoms with Crippen molar-refractivity contribution in [3.8, 4) is 5.75 Å². The lowest BCUT2D eigenvalue weighted by molar-refractivity contribution is -0.384. The standard InChI is InChI=1S/C14H12N2O5S/c15-22(19,20)21-14-4-2-1-3-12(14)8-5-11-6-9-13(10-7-11)16(17)18/h1-10H,(H2,15,19,20). The van der Waals surface area contributed by atoms with Gasteiger partial charge in [-0.1, -0.05) is 30.4 Å². The van der Waals surface area contributed by atoms with E-state index in [-0.39, 0.29) is 11.4 Å². The quantitative estimate of drug-likeness (QED) is 0.516. The summed E-state index contributed by atoms with van der Waals surface area (Å²) in [4.78, 5) is 10.1. The Morgan fingerprint density at radius 3 is 2.27 bits per heavy atom. The molecule has 7 nitrogen and oxygen atoms in total. The van der Waals surface area contributed by atoms with Crippen LogP contribution in [-0.4, -0.2) is 13.3 Å². The van der Waals surface area contributed by atoms with Crippen molar-refractivity contribution in [3.63, 3.8) is 0 Å². The molecule has 0 fully saturated rings. The third kappa shape index (κ3) is 4.40. The van der Waals surface area contributed by atoms with Crippen LogP contribution in [0.1, 0.15) is 11.1 Å². The van der Waals surface area contributed by atoms with Crippen molar-refractivity contribution in [3.05, 3.63) is 69.8 Å². The monoisotopic (exact) mass is 320 g/mol. The molecule has 0 spiro atoms. The summed E-state index contributed by atoms with van der Waals surface area (Å²) in [6, 6.07) is 12.4. The highest BCUT2D eigenvalue weighted by atomic mass is 32.2. The fourth-order valence-electron chi connectivity index (χ4n) is 1.71. The van der Waals surface area contributed by atoms with Gasteiger partial charge in [0.15, 0.2) is 5.75 Å². The number of non-ortho nitro benzene ring substituents is 1. The fourth-order valence-corrected chi connectivity index (χ4v) is 2.11. The first kappa shape index (κ1) is 15.7. The molecule has 2 aromatic carbocycles. The van der Waals surface area contributed by atoms with Crippen LogP contribution in [0.25, 0.3) is 12.2 Å². The average Bonchev–Trinajstić information content (AvgIpc) is 2.45. The minimum absolute atomic E-state index is 0.00453. The first-order valence-corrected chi connectivity index (χ1v) is 7.56. The first-order valence-electron chi connectivity index (χ1n) is 6.09. The number of nitro groups is 1. The number of nitro benzene ring substituents is 1. The maximum atomic E-state index is 11.0. The molecular weight excluding hydrogens is 308 g/mol. The minimum atomic E-state index is -4.11. The van der Waals surface area contributed by atoms with Gasteiger partial charge in [-0.05, 0) is 23.8 Å². The predicted octanol–water partition coefficient (Wildman–Crippen LogP) is 2.35. The average molecular weight is 320 g/mol. The van der Waals surface area contributed by atoms with E-state index in [4.69, 9.17) is 5.14 Å². The molecule has 2 aromatic rings. The van der Waals surface area contributed by atoms with Crippen LogP contribution >= 0.6 is 0 Å². The molecule has 0 aromatic heterocycles. The Morgan fingerprint density at radius 2 is 1.68 bits per heavy atom. The Labute approximate surface area is 127 Å². The SMILES string of the molecule is NS(=O)(=O)Oc1ccccc1C=Cc1ccc([N+](=O)[O-])cc1. The van der Waals surface area contributed by atoms with E-state index in [9.17, 15) is 18.5 Å². The van der Waals surface area contributed by atoms with E-state index in [1.807, 2.05) is 0 Å². The molecule has 0 aliphatic carbocycles. The van der Waals surface area contributed by atoms with Crippen molar-refractivity contribution in [2.24, 2.45) is 5.14 Å². The van der Waals surface area contributed by atoms with Gasteiger partial charge in [0.2, 0.25) is 0 Å². The maximum Gasteiger partial charge on any atom is 0.380 e. The molecule has 2 rings (SSSR count). The van der Waals surface area contributed by atoms with Crippen LogP contribution in [0, 0.1) is 10.1 Å². The summed E-state index contributed by atoms with van der Waals surface area (Å²) in [5.74, 6) is 0.100. The zero-order valence-electron chi connectivity index (χ0n) is 11.2. The summed E-state index contributed by atoms with van der Waals surface area (Å²) in [5, 5.41) is 15.4. The van der Waals surface area contributed by atoms with Crippen LogP contribution in [0.2, 0.25) is 0 Å². The van der Waals surface area contributed by atoms with Crippen molar-refractivity contribution in [2.75, 3.05) is 0 Å². The van der Waals surface area contributed by atoms with E-state index < -0.39 is 15.2 Å². The first-order chi connectivity index (χ1) is 10.3. The summed E-state index contributed by atoms with van der Waals surface area (Å²) in [6.45, 7) is 0. The van der Waals surface area contributed by atoms with Crippen molar-refractivity contribution >= 4 is 28.1 Å². The highest BCUT2D eigenvalue weighted by molar-refractivity contribution is 7.84. The molecule has 22 heavy (non-hydrogen) atoms. The van der Waals surface area contributed by atoms with Crippen LogP contribution in [0.5, 0.6) is 5.75 Å². The largest absolute Gasteiger partial charge is 0.380 e. The molecule has 0 saturated heterocycles. The Kier molecular flexibility index (Phi) is 4.54. The summed E-state index contributed by atoms with van der Waals surface area (Å²) in [5.41, 5.74) is 1.22. The molecule has 0 atom stereocenters. The lowest BCUT2D eigenvalue weighted by Gasteiger charge is -2.05. The highest BCUT2D eigenvalue weighted by Crippen LogP contribution is 2.22. The topological polar surface area (TPSA) is 113 Å². The number of rotatable bonds is 5. The minimum Gasteiger partial charge on any atom is -0.370 e. The van der Waals surface area contributed by atoms with E-state index >= 15 is 0 Å². The zero-order chi connectivity index (χ0) is 16.2. The number of para-hydroxylation sites is 1. The van der Waals surface area contributed by atoms with E-state index in [1.54, 1.807) is 42.5 Å². The van der Waals surface area contributed by atoms with Gasteiger partial charge in [-0.2, -0.15) is 13.6 Å². The Hall–Kier alpha value is -2.71. The Balaban J connectivity index is 2.25. The lowest BCUT2D eigenvalue weighted by atomic mass is 10.1. The molecule has 2 N–H and O–H groups in total. The highest BCUT2D eigenvalue weighted by Gasteiger charge is 2.08. The van der Waals surface area contributed by atoms with Crippen LogP contribution in [0.4, 0.5) is 5.69 Å². The summed E-state index contributed by atoms with van der Waals surface area (Å²) < 4.78 is 26.7. The zero-order valence-corrected chi connectivity index (χ0v) is 12.1. The molecule has 114 valence electrons. The Morgan fingerprint density at radius 1 is 1.05 bits per heavy atom. The van der Waals surface area contributed by atoms with Gasteiger partial charge in [0, 0.05) is 17.7 Å². The molecule has 0 saturated carbocycles. The van der Waals surface area contributed by atoms with Crippen LogP contribution in [0.15, 0.2) is 48.5 Å². The lowest BCUT2D eigenvalue weighted by Crippen LogP contribution is -2.19. The van der Waals surface area contributed by atoms with Gasteiger partial charge in [-0.25, -0.2) is 0 Å². The van der Waals surface area contributed by atoms with Gasteiger partial charge in [0.25, 0.3) is 5.69 Å². The number of nitrogens with zero attached hydrogens (tertiary/aromatic N) is 1. The second-order valence-electron chi connectivity index (χ2n) is 4.30. The van der Waals surface area contributed by atoms with E-state index in [2.05, 4.69) is 4.18 Å². The molecule has 0 aliphatic heterocycles. The van der Waals surface area contributed by atoms with Crippen molar-refractivity contribution < 1.29 is 17.5 Å². The van der Waals surface area contributed by atoms with Crippen LogP contribution < -0.4 is 9.32 Å². The summed E-state index contributed by atoms with van der Waals surface area (Å²) >= 11 is 0. The van der Waals surface area contributed by atoms with Crippen LogP contribution in [0.3, 0.4) is 0 Å². The molecule has 8 heteroatoms. The van der Waals surface area contributed by atoms with E-state index in [0.717, 1.165) is 5.56 Å². The number of hydrogen-bond acceptors (Lipinski definition) is 5. The van der Waals surface area contributed by atoms with Gasteiger partial charge < -0.3 is 4.18 Å². The molecule has 0 aliphatic rings. The van der Waals surface area contributed by atoms with Crippen molar-refractivity contribution in [2.45, 2.75) is 0 Å². The van der Waals surface area contributed by atoms with E-state index in [0.29, 0.717) is 5.56 Å². The summed E-state index contributed by atoms with van der Waals surface area (Å²) in [7, 11) is -4.11. The third-order valence-electron chi connectivity index (χ3n) is 2.68. The molecule has 0 bridgehead atoms. The molecule has 0 heterocycles.